The fraction of sp³-hybridized carbons (Fsp3) is 0.368. The third-order valence-corrected chi connectivity index (χ3v) is 5.05. The lowest BCUT2D eigenvalue weighted by Crippen LogP contribution is -2.47. The molecule has 1 saturated heterocycles. The van der Waals surface area contributed by atoms with Gasteiger partial charge < -0.3 is 5.32 Å². The molecule has 0 saturated carbocycles. The number of carbonyl (C=O) groups excluding carboxylic acids is 1. The number of anilines is 1. The predicted octanol–water partition coefficient (Wildman–Crippen LogP) is 3.54. The summed E-state index contributed by atoms with van der Waals surface area (Å²) in [5, 5.41) is 5.57. The summed E-state index contributed by atoms with van der Waals surface area (Å²) in [6.45, 7) is 3.46. The van der Waals surface area contributed by atoms with E-state index in [4.69, 9.17) is 6.42 Å². The molecule has 0 aliphatic carbocycles. The van der Waals surface area contributed by atoms with Gasteiger partial charge in [0, 0.05) is 10.9 Å². The Kier molecular flexibility index (Phi) is 5.29. The summed E-state index contributed by atoms with van der Waals surface area (Å²) >= 11 is 1.45. The van der Waals surface area contributed by atoms with Crippen LogP contribution in [0.15, 0.2) is 29.6 Å². The maximum Gasteiger partial charge on any atom is 0.243 e. The van der Waals surface area contributed by atoms with Crippen molar-refractivity contribution in [3.63, 3.8) is 0 Å². The molecule has 0 spiro atoms. The standard InChI is InChI=1S/C19H21N3OS/c1-3-11-22-12-5-4-6-17(22)18(23)21-19-20-16(13-24-19)15-9-7-14(2)8-10-15/h1,7-10,13,17H,4-6,11-12H2,2H3,(H,20,21,23). The highest BCUT2D eigenvalue weighted by Crippen LogP contribution is 2.26. The number of likely N-dealkylation sites (tertiary alicyclic amines) is 1. The van der Waals surface area contributed by atoms with Crippen LogP contribution >= 0.6 is 11.3 Å². The molecule has 1 aliphatic heterocycles. The summed E-state index contributed by atoms with van der Waals surface area (Å²) < 4.78 is 0. The van der Waals surface area contributed by atoms with Crippen molar-refractivity contribution in [2.24, 2.45) is 0 Å². The number of aromatic nitrogens is 1. The summed E-state index contributed by atoms with van der Waals surface area (Å²) in [5.41, 5.74) is 3.16. The van der Waals surface area contributed by atoms with E-state index in [1.807, 2.05) is 17.5 Å². The third kappa shape index (κ3) is 3.84. The molecule has 5 heteroatoms. The van der Waals surface area contributed by atoms with Crippen molar-refractivity contribution in [2.45, 2.75) is 32.2 Å². The minimum atomic E-state index is -0.151. The maximum atomic E-state index is 12.6. The summed E-state index contributed by atoms with van der Waals surface area (Å²) in [6, 6.07) is 8.07. The van der Waals surface area contributed by atoms with E-state index >= 15 is 0 Å². The molecule has 0 bridgehead atoms. The van der Waals surface area contributed by atoms with E-state index in [2.05, 4.69) is 40.2 Å². The molecule has 2 heterocycles. The Morgan fingerprint density at radius 3 is 2.96 bits per heavy atom. The zero-order chi connectivity index (χ0) is 16.9. The molecular formula is C19H21N3OS. The quantitative estimate of drug-likeness (QED) is 0.867. The van der Waals surface area contributed by atoms with E-state index in [0.717, 1.165) is 37.1 Å². The number of hydrogen-bond donors (Lipinski definition) is 1. The topological polar surface area (TPSA) is 45.2 Å². The molecule has 1 fully saturated rings. The number of thiazole rings is 1. The molecular weight excluding hydrogens is 318 g/mol. The first-order valence-corrected chi connectivity index (χ1v) is 9.06. The van der Waals surface area contributed by atoms with E-state index < -0.39 is 0 Å². The van der Waals surface area contributed by atoms with Gasteiger partial charge >= 0.3 is 0 Å². The number of benzene rings is 1. The summed E-state index contributed by atoms with van der Waals surface area (Å²) in [7, 11) is 0. The Hall–Kier alpha value is -2.16. The monoisotopic (exact) mass is 339 g/mol. The third-order valence-electron chi connectivity index (χ3n) is 4.29. The lowest BCUT2D eigenvalue weighted by Gasteiger charge is -2.32. The molecule has 3 rings (SSSR count). The van der Waals surface area contributed by atoms with E-state index in [9.17, 15) is 4.79 Å². The second-order valence-electron chi connectivity index (χ2n) is 6.08. The molecule has 124 valence electrons. The van der Waals surface area contributed by atoms with Crippen LogP contribution in [-0.4, -0.2) is 34.9 Å². The molecule has 0 radical (unpaired) electrons. The molecule has 2 aromatic rings. The van der Waals surface area contributed by atoms with E-state index in [-0.39, 0.29) is 11.9 Å². The number of terminal acetylenes is 1. The lowest BCUT2D eigenvalue weighted by atomic mass is 10.0. The smallest absolute Gasteiger partial charge is 0.243 e. The number of carbonyl (C=O) groups is 1. The van der Waals surface area contributed by atoms with E-state index in [0.29, 0.717) is 11.7 Å². The van der Waals surface area contributed by atoms with Gasteiger partial charge in [0.25, 0.3) is 0 Å². The van der Waals surface area contributed by atoms with Gasteiger partial charge in [-0.25, -0.2) is 4.98 Å². The largest absolute Gasteiger partial charge is 0.301 e. The summed E-state index contributed by atoms with van der Waals surface area (Å²) in [5.74, 6) is 2.64. The molecule has 1 unspecified atom stereocenters. The second kappa shape index (κ2) is 7.61. The Bertz CT molecular complexity index is 745. The van der Waals surface area contributed by atoms with Gasteiger partial charge in [-0.2, -0.15) is 0 Å². The number of amides is 1. The minimum Gasteiger partial charge on any atom is -0.301 e. The Morgan fingerprint density at radius 1 is 1.42 bits per heavy atom. The van der Waals surface area contributed by atoms with Crippen LogP contribution in [0.25, 0.3) is 11.3 Å². The van der Waals surface area contributed by atoms with Crippen LogP contribution in [0.2, 0.25) is 0 Å². The highest BCUT2D eigenvalue weighted by molar-refractivity contribution is 7.14. The van der Waals surface area contributed by atoms with Crippen LogP contribution < -0.4 is 5.32 Å². The van der Waals surface area contributed by atoms with Crippen molar-refractivity contribution < 1.29 is 4.79 Å². The van der Waals surface area contributed by atoms with E-state index in [1.54, 1.807) is 0 Å². The number of piperidine rings is 1. The number of nitrogens with one attached hydrogen (secondary N) is 1. The van der Waals surface area contributed by atoms with Gasteiger partial charge in [-0.05, 0) is 26.3 Å². The van der Waals surface area contributed by atoms with Crippen LogP contribution in [0.1, 0.15) is 24.8 Å². The average Bonchev–Trinajstić information content (AvgIpc) is 3.05. The normalized spacial score (nSPS) is 18.1. The van der Waals surface area contributed by atoms with Crippen molar-refractivity contribution in [3.05, 3.63) is 35.2 Å². The highest BCUT2D eigenvalue weighted by Gasteiger charge is 2.28. The molecule has 1 amide bonds. The summed E-state index contributed by atoms with van der Waals surface area (Å²) in [4.78, 5) is 19.2. The Balaban J connectivity index is 1.68. The van der Waals surface area contributed by atoms with Crippen molar-refractivity contribution in [3.8, 4) is 23.6 Å². The first-order valence-electron chi connectivity index (χ1n) is 8.18. The lowest BCUT2D eigenvalue weighted by molar-refractivity contribution is -0.122. The minimum absolute atomic E-state index is 0.00486. The van der Waals surface area contributed by atoms with E-state index in [1.165, 1.54) is 16.9 Å². The van der Waals surface area contributed by atoms with Crippen LogP contribution in [-0.2, 0) is 4.79 Å². The molecule has 1 aromatic carbocycles. The molecule has 1 aromatic heterocycles. The zero-order valence-electron chi connectivity index (χ0n) is 13.8. The molecule has 1 aliphatic rings. The van der Waals surface area contributed by atoms with Crippen molar-refractivity contribution in [2.75, 3.05) is 18.4 Å². The van der Waals surface area contributed by atoms with Gasteiger partial charge in [0.2, 0.25) is 5.91 Å². The van der Waals surface area contributed by atoms with Gasteiger partial charge in [-0.3, -0.25) is 9.69 Å². The van der Waals surface area contributed by atoms with Crippen molar-refractivity contribution in [1.29, 1.82) is 0 Å². The van der Waals surface area contributed by atoms with Crippen LogP contribution in [0.5, 0.6) is 0 Å². The number of hydrogen-bond acceptors (Lipinski definition) is 4. The van der Waals surface area contributed by atoms with Gasteiger partial charge in [0.1, 0.15) is 0 Å². The van der Waals surface area contributed by atoms with Crippen LogP contribution in [0.3, 0.4) is 0 Å². The SMILES string of the molecule is C#CCN1CCCCC1C(=O)Nc1nc(-c2ccc(C)cc2)cs1. The maximum absolute atomic E-state index is 12.6. The number of nitrogens with zero attached hydrogens (tertiary/aromatic N) is 2. The molecule has 1 atom stereocenters. The fourth-order valence-corrected chi connectivity index (χ4v) is 3.69. The molecule has 4 nitrogen and oxygen atoms in total. The number of rotatable bonds is 4. The average molecular weight is 339 g/mol. The number of aryl methyl sites for hydroxylation is 1. The van der Waals surface area contributed by atoms with Crippen molar-refractivity contribution in [1.82, 2.24) is 9.88 Å². The van der Waals surface area contributed by atoms with Crippen molar-refractivity contribution >= 4 is 22.4 Å². The van der Waals surface area contributed by atoms with Gasteiger partial charge in [0.05, 0.1) is 18.3 Å². The van der Waals surface area contributed by atoms with Gasteiger partial charge in [0.15, 0.2) is 5.13 Å². The molecule has 24 heavy (non-hydrogen) atoms. The van der Waals surface area contributed by atoms with Gasteiger partial charge in [-0.1, -0.05) is 42.2 Å². The second-order valence-corrected chi connectivity index (χ2v) is 6.94. The highest BCUT2D eigenvalue weighted by atomic mass is 32.1. The Morgan fingerprint density at radius 2 is 2.21 bits per heavy atom. The fourth-order valence-electron chi connectivity index (χ4n) is 2.97. The molecule has 1 N–H and O–H groups in total. The first kappa shape index (κ1) is 16.7. The Labute approximate surface area is 146 Å². The van der Waals surface area contributed by atoms with Crippen LogP contribution in [0.4, 0.5) is 5.13 Å². The first-order chi connectivity index (χ1) is 11.7. The predicted molar refractivity (Wildman–Crippen MR) is 99.0 cm³/mol. The summed E-state index contributed by atoms with van der Waals surface area (Å²) in [6.07, 6.45) is 8.43. The van der Waals surface area contributed by atoms with Crippen LogP contribution in [0, 0.1) is 19.3 Å². The zero-order valence-corrected chi connectivity index (χ0v) is 14.6. The van der Waals surface area contributed by atoms with Gasteiger partial charge in [-0.15, -0.1) is 17.8 Å².